The van der Waals surface area contributed by atoms with Crippen LogP contribution >= 0.6 is 11.6 Å². The van der Waals surface area contributed by atoms with E-state index in [2.05, 4.69) is 20.9 Å². The second-order valence-electron chi connectivity index (χ2n) is 6.63. The molecule has 0 atom stereocenters. The van der Waals surface area contributed by atoms with Gasteiger partial charge in [-0.25, -0.2) is 4.98 Å². The number of rotatable bonds is 9. The van der Waals surface area contributed by atoms with E-state index in [0.717, 1.165) is 11.1 Å². The smallest absolute Gasteiger partial charge is 0.312 e. The Labute approximate surface area is 184 Å². The third-order valence-electron chi connectivity index (χ3n) is 4.88. The van der Waals surface area contributed by atoms with Crippen molar-refractivity contribution in [2.75, 3.05) is 27.1 Å². The molecule has 0 bridgehead atoms. The maximum absolute atomic E-state index is 13.9. The summed E-state index contributed by atoms with van der Waals surface area (Å²) >= 11 is 6.26. The van der Waals surface area contributed by atoms with Crippen molar-refractivity contribution in [1.82, 2.24) is 19.5 Å². The Morgan fingerprint density at radius 2 is 1.90 bits per heavy atom. The largest absolute Gasteiger partial charge is 0.493 e. The van der Waals surface area contributed by atoms with Crippen LogP contribution in [0.25, 0.3) is 11.2 Å². The molecule has 2 N–H and O–H groups in total. The zero-order chi connectivity index (χ0) is 22.5. The minimum Gasteiger partial charge on any atom is -0.493 e. The number of fused-ring (bicyclic) bond motifs is 1. The number of aryl methyl sites for hydroxylation is 1. The van der Waals surface area contributed by atoms with E-state index in [1.165, 1.54) is 21.3 Å². The number of nitrogen functional groups attached to an aromatic ring is 1. The molecule has 0 saturated carbocycles. The van der Waals surface area contributed by atoms with E-state index in [4.69, 9.17) is 38.0 Å². The van der Waals surface area contributed by atoms with Gasteiger partial charge >= 0.3 is 6.08 Å². The van der Waals surface area contributed by atoms with Crippen molar-refractivity contribution in [3.63, 3.8) is 0 Å². The standard InChI is InChI=1S/C21H23ClFN5O3/c1-5-6-7-8-28-15(25-16-19(24)26-21(23)27-20(16)28)10-12-9-14(29-2)18(31-4)17(30-3)13(12)11-22/h1,9H,6-8,10-11H2,2-4H3,(H2,24,26,27). The highest BCUT2D eigenvalue weighted by Gasteiger charge is 2.23. The molecule has 0 aliphatic heterocycles. The summed E-state index contributed by atoms with van der Waals surface area (Å²) in [5.41, 5.74) is 8.08. The Balaban J connectivity index is 2.18. The normalized spacial score (nSPS) is 10.8. The predicted octanol–water partition coefficient (Wildman–Crippen LogP) is 3.32. The first-order valence-electron chi connectivity index (χ1n) is 9.47. The van der Waals surface area contributed by atoms with Crippen LogP contribution in [0.3, 0.4) is 0 Å². The van der Waals surface area contributed by atoms with Gasteiger partial charge < -0.3 is 24.5 Å². The van der Waals surface area contributed by atoms with Crippen LogP contribution in [-0.4, -0.2) is 40.8 Å². The lowest BCUT2D eigenvalue weighted by Gasteiger charge is -2.18. The molecule has 1 aromatic carbocycles. The Kier molecular flexibility index (Phi) is 7.02. The van der Waals surface area contributed by atoms with E-state index < -0.39 is 6.08 Å². The number of nitrogens with zero attached hydrogens (tertiary/aromatic N) is 4. The van der Waals surface area contributed by atoms with Crippen molar-refractivity contribution >= 4 is 28.6 Å². The van der Waals surface area contributed by atoms with Gasteiger partial charge in [0.25, 0.3) is 0 Å². The van der Waals surface area contributed by atoms with Crippen LogP contribution in [0, 0.1) is 18.4 Å². The van der Waals surface area contributed by atoms with E-state index in [0.29, 0.717) is 60.0 Å². The summed E-state index contributed by atoms with van der Waals surface area (Å²) in [6.45, 7) is 0.493. The van der Waals surface area contributed by atoms with Gasteiger partial charge in [0.2, 0.25) is 5.75 Å². The Bertz CT molecular complexity index is 1140. The minimum atomic E-state index is -0.913. The van der Waals surface area contributed by atoms with Crippen molar-refractivity contribution < 1.29 is 18.6 Å². The van der Waals surface area contributed by atoms with E-state index in [-0.39, 0.29) is 11.7 Å². The summed E-state index contributed by atoms with van der Waals surface area (Å²) < 4.78 is 32.1. The highest BCUT2D eigenvalue weighted by Crippen LogP contribution is 2.43. The molecule has 31 heavy (non-hydrogen) atoms. The van der Waals surface area contributed by atoms with Gasteiger partial charge in [-0.15, -0.1) is 23.9 Å². The number of terminal acetylenes is 1. The third-order valence-corrected chi connectivity index (χ3v) is 5.15. The monoisotopic (exact) mass is 447 g/mol. The maximum Gasteiger partial charge on any atom is 0.312 e. The number of aromatic nitrogens is 4. The molecule has 0 spiro atoms. The van der Waals surface area contributed by atoms with E-state index in [1.54, 1.807) is 4.57 Å². The second-order valence-corrected chi connectivity index (χ2v) is 6.90. The third kappa shape index (κ3) is 4.30. The summed E-state index contributed by atoms with van der Waals surface area (Å²) in [5, 5.41) is 0. The number of nitrogens with two attached hydrogens (primary N) is 1. The Morgan fingerprint density at radius 1 is 1.16 bits per heavy atom. The van der Waals surface area contributed by atoms with Crippen LogP contribution in [0.15, 0.2) is 6.07 Å². The van der Waals surface area contributed by atoms with E-state index >= 15 is 0 Å². The van der Waals surface area contributed by atoms with Gasteiger partial charge in [-0.2, -0.15) is 14.4 Å². The summed E-state index contributed by atoms with van der Waals surface area (Å²) in [6.07, 6.45) is 6.03. The Hall–Kier alpha value is -3.25. The van der Waals surface area contributed by atoms with Crippen LogP contribution in [0.2, 0.25) is 0 Å². The average Bonchev–Trinajstić information content (AvgIpc) is 3.10. The van der Waals surface area contributed by atoms with Gasteiger partial charge in [0, 0.05) is 24.9 Å². The molecule has 2 heterocycles. The first-order chi connectivity index (χ1) is 15.0. The molecule has 10 heteroatoms. The van der Waals surface area contributed by atoms with Crippen LogP contribution in [0.4, 0.5) is 10.2 Å². The van der Waals surface area contributed by atoms with Gasteiger partial charge in [-0.1, -0.05) is 0 Å². The lowest BCUT2D eigenvalue weighted by atomic mass is 10.0. The van der Waals surface area contributed by atoms with Gasteiger partial charge in [0.05, 0.1) is 27.2 Å². The van der Waals surface area contributed by atoms with Gasteiger partial charge in [0.15, 0.2) is 28.5 Å². The van der Waals surface area contributed by atoms with Crippen molar-refractivity contribution in [1.29, 1.82) is 0 Å². The fourth-order valence-electron chi connectivity index (χ4n) is 3.49. The number of hydrogen-bond donors (Lipinski definition) is 1. The zero-order valence-electron chi connectivity index (χ0n) is 17.5. The number of benzene rings is 1. The van der Waals surface area contributed by atoms with Crippen molar-refractivity contribution in [3.8, 4) is 29.6 Å². The summed E-state index contributed by atoms with van der Waals surface area (Å²) in [4.78, 5) is 12.1. The SMILES string of the molecule is C#CCCCn1c(Cc2cc(OC)c(OC)c(OC)c2CCl)nc2c(N)nc(F)nc21. The first kappa shape index (κ1) is 22.4. The number of imidazole rings is 1. The fourth-order valence-corrected chi connectivity index (χ4v) is 3.78. The molecule has 0 aliphatic rings. The molecular formula is C21H23ClFN5O3. The Morgan fingerprint density at radius 3 is 2.52 bits per heavy atom. The van der Waals surface area contributed by atoms with Gasteiger partial charge in [-0.05, 0) is 18.1 Å². The van der Waals surface area contributed by atoms with Crippen molar-refractivity contribution in [2.24, 2.45) is 0 Å². The maximum atomic E-state index is 13.9. The van der Waals surface area contributed by atoms with Crippen LogP contribution in [0.1, 0.15) is 29.8 Å². The highest BCUT2D eigenvalue weighted by molar-refractivity contribution is 6.17. The molecule has 0 saturated heterocycles. The van der Waals surface area contributed by atoms with E-state index in [9.17, 15) is 4.39 Å². The lowest BCUT2D eigenvalue weighted by molar-refractivity contribution is 0.322. The van der Waals surface area contributed by atoms with Gasteiger partial charge in [0.1, 0.15) is 5.82 Å². The lowest BCUT2D eigenvalue weighted by Crippen LogP contribution is -2.09. The summed E-state index contributed by atoms with van der Waals surface area (Å²) in [7, 11) is 4.60. The number of ether oxygens (including phenoxy) is 3. The number of methoxy groups -OCH3 is 3. The van der Waals surface area contributed by atoms with Crippen molar-refractivity contribution in [3.05, 3.63) is 29.1 Å². The minimum absolute atomic E-state index is 0.0260. The zero-order valence-corrected chi connectivity index (χ0v) is 18.3. The second kappa shape index (κ2) is 9.71. The van der Waals surface area contributed by atoms with E-state index in [1.807, 2.05) is 6.07 Å². The molecule has 3 aromatic rings. The molecule has 0 aliphatic carbocycles. The highest BCUT2D eigenvalue weighted by atomic mass is 35.5. The van der Waals surface area contributed by atoms with Crippen LogP contribution in [0.5, 0.6) is 17.2 Å². The molecule has 0 fully saturated rings. The summed E-state index contributed by atoms with van der Waals surface area (Å²) in [6, 6.07) is 1.82. The number of halogens is 2. The average molecular weight is 448 g/mol. The molecule has 2 aromatic heterocycles. The van der Waals surface area contributed by atoms with Crippen molar-refractivity contribution in [2.45, 2.75) is 31.7 Å². The fraction of sp³-hybridized carbons (Fsp3) is 0.381. The van der Waals surface area contributed by atoms with Crippen LogP contribution < -0.4 is 19.9 Å². The number of unbranched alkanes of at least 4 members (excludes halogenated alkanes) is 1. The molecule has 164 valence electrons. The molecule has 3 rings (SSSR count). The molecular weight excluding hydrogens is 425 g/mol. The molecule has 0 radical (unpaired) electrons. The quantitative estimate of drug-likeness (QED) is 0.232. The van der Waals surface area contributed by atoms with Crippen LogP contribution in [-0.2, 0) is 18.8 Å². The topological polar surface area (TPSA) is 97.3 Å². The summed E-state index contributed by atoms with van der Waals surface area (Å²) in [5.74, 6) is 4.78. The molecule has 8 nitrogen and oxygen atoms in total. The predicted molar refractivity (Wildman–Crippen MR) is 116 cm³/mol. The number of hydrogen-bond acceptors (Lipinski definition) is 7. The molecule has 0 amide bonds. The number of anilines is 1. The molecule has 0 unspecified atom stereocenters. The number of alkyl halides is 1. The van der Waals surface area contributed by atoms with Gasteiger partial charge in [-0.3, -0.25) is 0 Å². The first-order valence-corrected chi connectivity index (χ1v) is 10.0.